The minimum atomic E-state index is -0.497. The standard InChI is InChI=1S/C17H20N2O2/c1-3-15(19-2)12-8-10-13(11-9-12)21-16-7-5-4-6-14(16)17(18)20/h4-11,15,19H,3H2,1-2H3,(H2,18,20). The first-order valence-electron chi connectivity index (χ1n) is 6.99. The van der Waals surface area contributed by atoms with Crippen LogP contribution in [0.2, 0.25) is 0 Å². The molecule has 2 aromatic rings. The van der Waals surface area contributed by atoms with E-state index in [1.54, 1.807) is 18.2 Å². The Kier molecular flexibility index (Phi) is 4.95. The van der Waals surface area contributed by atoms with Crippen LogP contribution in [0.1, 0.15) is 35.3 Å². The predicted octanol–water partition coefficient (Wildman–Crippen LogP) is 3.25. The van der Waals surface area contributed by atoms with Gasteiger partial charge in [-0.05, 0) is 43.3 Å². The van der Waals surface area contributed by atoms with Crippen molar-refractivity contribution in [3.63, 3.8) is 0 Å². The molecule has 4 heteroatoms. The van der Waals surface area contributed by atoms with Gasteiger partial charge in [0.05, 0.1) is 5.56 Å². The molecular formula is C17H20N2O2. The SMILES string of the molecule is CCC(NC)c1ccc(Oc2ccccc2C(N)=O)cc1. The first kappa shape index (κ1) is 15.1. The van der Waals surface area contributed by atoms with Gasteiger partial charge in [-0.15, -0.1) is 0 Å². The number of carbonyl (C=O) groups excluding carboxylic acids is 1. The van der Waals surface area contributed by atoms with Crippen LogP contribution < -0.4 is 15.8 Å². The molecule has 0 saturated carbocycles. The fourth-order valence-electron chi connectivity index (χ4n) is 2.26. The zero-order valence-corrected chi connectivity index (χ0v) is 12.3. The fourth-order valence-corrected chi connectivity index (χ4v) is 2.26. The van der Waals surface area contributed by atoms with E-state index in [0.29, 0.717) is 23.1 Å². The summed E-state index contributed by atoms with van der Waals surface area (Å²) in [5.74, 6) is 0.653. The number of nitrogens with two attached hydrogens (primary N) is 1. The molecule has 110 valence electrons. The highest BCUT2D eigenvalue weighted by Crippen LogP contribution is 2.26. The molecule has 2 aromatic carbocycles. The summed E-state index contributed by atoms with van der Waals surface area (Å²) in [6.07, 6.45) is 1.02. The molecule has 1 amide bonds. The molecule has 3 N–H and O–H groups in total. The van der Waals surface area contributed by atoms with E-state index in [-0.39, 0.29) is 0 Å². The number of nitrogens with one attached hydrogen (secondary N) is 1. The summed E-state index contributed by atoms with van der Waals surface area (Å²) in [6, 6.07) is 15.1. The smallest absolute Gasteiger partial charge is 0.252 e. The third-order valence-electron chi connectivity index (χ3n) is 3.42. The molecule has 0 radical (unpaired) electrons. The number of amides is 1. The molecule has 1 atom stereocenters. The maximum Gasteiger partial charge on any atom is 0.252 e. The van der Waals surface area contributed by atoms with Gasteiger partial charge in [-0.2, -0.15) is 0 Å². The zero-order valence-electron chi connectivity index (χ0n) is 12.3. The van der Waals surface area contributed by atoms with Crippen LogP contribution in [0.3, 0.4) is 0 Å². The lowest BCUT2D eigenvalue weighted by atomic mass is 10.0. The normalized spacial score (nSPS) is 11.9. The van der Waals surface area contributed by atoms with Crippen LogP contribution in [0.5, 0.6) is 11.5 Å². The number of benzene rings is 2. The Morgan fingerprint density at radius 2 is 1.86 bits per heavy atom. The topological polar surface area (TPSA) is 64.3 Å². The summed E-state index contributed by atoms with van der Waals surface area (Å²) in [4.78, 5) is 11.4. The van der Waals surface area contributed by atoms with E-state index in [9.17, 15) is 4.79 Å². The summed E-state index contributed by atoms with van der Waals surface area (Å²) in [5.41, 5.74) is 6.92. The molecule has 0 fully saturated rings. The largest absolute Gasteiger partial charge is 0.457 e. The van der Waals surface area contributed by atoms with Crippen molar-refractivity contribution in [2.75, 3.05) is 7.05 Å². The monoisotopic (exact) mass is 284 g/mol. The maximum atomic E-state index is 11.4. The number of rotatable bonds is 6. The molecule has 0 aliphatic rings. The van der Waals surface area contributed by atoms with E-state index in [4.69, 9.17) is 10.5 Å². The molecule has 21 heavy (non-hydrogen) atoms. The summed E-state index contributed by atoms with van der Waals surface area (Å²) in [5, 5.41) is 3.26. The van der Waals surface area contributed by atoms with Crippen molar-refractivity contribution in [2.45, 2.75) is 19.4 Å². The molecule has 0 aliphatic heterocycles. The minimum absolute atomic E-state index is 0.331. The van der Waals surface area contributed by atoms with E-state index in [2.05, 4.69) is 12.2 Å². The summed E-state index contributed by atoms with van der Waals surface area (Å²) in [6.45, 7) is 2.13. The lowest BCUT2D eigenvalue weighted by molar-refractivity contribution is 0.0998. The Morgan fingerprint density at radius 1 is 1.19 bits per heavy atom. The Morgan fingerprint density at radius 3 is 2.43 bits per heavy atom. The van der Waals surface area contributed by atoms with E-state index in [1.807, 2.05) is 37.4 Å². The molecule has 1 unspecified atom stereocenters. The van der Waals surface area contributed by atoms with Gasteiger partial charge in [-0.25, -0.2) is 0 Å². The average molecular weight is 284 g/mol. The summed E-state index contributed by atoms with van der Waals surface area (Å²) < 4.78 is 5.75. The number of carbonyl (C=O) groups is 1. The Hall–Kier alpha value is -2.33. The highest BCUT2D eigenvalue weighted by atomic mass is 16.5. The highest BCUT2D eigenvalue weighted by Gasteiger charge is 2.10. The van der Waals surface area contributed by atoms with Crippen LogP contribution in [-0.4, -0.2) is 13.0 Å². The van der Waals surface area contributed by atoms with E-state index >= 15 is 0 Å². The molecule has 0 spiro atoms. The molecule has 0 saturated heterocycles. The molecule has 0 aliphatic carbocycles. The van der Waals surface area contributed by atoms with Gasteiger partial charge in [0.25, 0.3) is 5.91 Å². The number of hydrogen-bond acceptors (Lipinski definition) is 3. The van der Waals surface area contributed by atoms with Crippen molar-refractivity contribution in [2.24, 2.45) is 5.73 Å². The van der Waals surface area contributed by atoms with E-state index < -0.39 is 5.91 Å². The van der Waals surface area contributed by atoms with Crippen molar-refractivity contribution in [3.05, 3.63) is 59.7 Å². The second kappa shape index (κ2) is 6.90. The lowest BCUT2D eigenvalue weighted by Gasteiger charge is -2.15. The quantitative estimate of drug-likeness (QED) is 0.855. The second-order valence-electron chi connectivity index (χ2n) is 4.78. The molecule has 0 bridgehead atoms. The highest BCUT2D eigenvalue weighted by molar-refractivity contribution is 5.95. The summed E-state index contributed by atoms with van der Waals surface area (Å²) in [7, 11) is 1.95. The lowest BCUT2D eigenvalue weighted by Crippen LogP contribution is -2.14. The Balaban J connectivity index is 2.19. The van der Waals surface area contributed by atoms with E-state index in [1.165, 1.54) is 5.56 Å². The molecular weight excluding hydrogens is 264 g/mol. The van der Waals surface area contributed by atoms with Gasteiger partial charge in [0, 0.05) is 6.04 Å². The van der Waals surface area contributed by atoms with Gasteiger partial charge < -0.3 is 15.8 Å². The van der Waals surface area contributed by atoms with Crippen LogP contribution in [0.4, 0.5) is 0 Å². The summed E-state index contributed by atoms with van der Waals surface area (Å²) >= 11 is 0. The molecule has 0 aromatic heterocycles. The molecule has 0 heterocycles. The first-order chi connectivity index (χ1) is 10.2. The molecule has 4 nitrogen and oxygen atoms in total. The molecule has 2 rings (SSSR count). The predicted molar refractivity (Wildman–Crippen MR) is 83.6 cm³/mol. The first-order valence-corrected chi connectivity index (χ1v) is 6.99. The van der Waals surface area contributed by atoms with Crippen molar-refractivity contribution < 1.29 is 9.53 Å². The van der Waals surface area contributed by atoms with Crippen LogP contribution in [0.25, 0.3) is 0 Å². The number of hydrogen-bond donors (Lipinski definition) is 2. The van der Waals surface area contributed by atoms with Crippen LogP contribution in [-0.2, 0) is 0 Å². The Labute approximate surface area is 124 Å². The fraction of sp³-hybridized carbons (Fsp3) is 0.235. The van der Waals surface area contributed by atoms with Gasteiger partial charge in [-0.3, -0.25) is 4.79 Å². The van der Waals surface area contributed by atoms with Gasteiger partial charge >= 0.3 is 0 Å². The van der Waals surface area contributed by atoms with E-state index in [0.717, 1.165) is 6.42 Å². The van der Waals surface area contributed by atoms with Gasteiger partial charge in [-0.1, -0.05) is 31.2 Å². The van der Waals surface area contributed by atoms with Gasteiger partial charge in [0.1, 0.15) is 11.5 Å². The van der Waals surface area contributed by atoms with Gasteiger partial charge in [0.15, 0.2) is 0 Å². The zero-order chi connectivity index (χ0) is 15.2. The average Bonchev–Trinajstić information content (AvgIpc) is 2.50. The number of primary amides is 1. The number of para-hydroxylation sites is 1. The second-order valence-corrected chi connectivity index (χ2v) is 4.78. The van der Waals surface area contributed by atoms with Crippen molar-refractivity contribution in [1.29, 1.82) is 0 Å². The Bertz CT molecular complexity index is 604. The van der Waals surface area contributed by atoms with Crippen molar-refractivity contribution in [1.82, 2.24) is 5.32 Å². The third kappa shape index (κ3) is 3.61. The maximum absolute atomic E-state index is 11.4. The third-order valence-corrected chi connectivity index (χ3v) is 3.42. The van der Waals surface area contributed by atoms with Crippen LogP contribution >= 0.6 is 0 Å². The number of ether oxygens (including phenoxy) is 1. The van der Waals surface area contributed by atoms with Crippen molar-refractivity contribution in [3.8, 4) is 11.5 Å². The van der Waals surface area contributed by atoms with Crippen molar-refractivity contribution >= 4 is 5.91 Å². The minimum Gasteiger partial charge on any atom is -0.457 e. The van der Waals surface area contributed by atoms with Crippen LogP contribution in [0.15, 0.2) is 48.5 Å². The van der Waals surface area contributed by atoms with Crippen LogP contribution in [0, 0.1) is 0 Å². The van der Waals surface area contributed by atoms with Gasteiger partial charge in [0.2, 0.25) is 0 Å².